The molecule has 2 aromatic rings. The lowest BCUT2D eigenvalue weighted by molar-refractivity contribution is -0.121. The van der Waals surface area contributed by atoms with Gasteiger partial charge in [-0.1, -0.05) is 12.1 Å². The minimum absolute atomic E-state index is 0.0366. The molecular formula is C17H22N4O2. The van der Waals surface area contributed by atoms with Crippen LogP contribution in [0.4, 0.5) is 0 Å². The van der Waals surface area contributed by atoms with Crippen LogP contribution in [0.5, 0.6) is 0 Å². The molecule has 0 aliphatic carbocycles. The molecule has 0 aliphatic heterocycles. The van der Waals surface area contributed by atoms with Gasteiger partial charge in [0.2, 0.25) is 5.91 Å². The van der Waals surface area contributed by atoms with Gasteiger partial charge in [-0.25, -0.2) is 0 Å². The smallest absolute Gasteiger partial charge is 0.251 e. The molecule has 0 spiro atoms. The highest BCUT2D eigenvalue weighted by Gasteiger charge is 2.14. The second-order valence-corrected chi connectivity index (χ2v) is 6.38. The monoisotopic (exact) mass is 314 g/mol. The van der Waals surface area contributed by atoms with Gasteiger partial charge in [0, 0.05) is 23.5 Å². The lowest BCUT2D eigenvalue weighted by Gasteiger charge is -2.20. The zero-order valence-corrected chi connectivity index (χ0v) is 13.7. The number of benzene rings is 1. The summed E-state index contributed by atoms with van der Waals surface area (Å²) in [5, 5.41) is 9.55. The maximum Gasteiger partial charge on any atom is 0.251 e. The Kier molecular flexibility index (Phi) is 5.16. The minimum atomic E-state index is -0.310. The number of hydrogen-bond donors (Lipinski definition) is 2. The zero-order chi connectivity index (χ0) is 16.9. The van der Waals surface area contributed by atoms with Crippen molar-refractivity contribution in [2.45, 2.75) is 32.9 Å². The first kappa shape index (κ1) is 16.7. The fourth-order valence-corrected chi connectivity index (χ4v) is 2.07. The highest BCUT2D eigenvalue weighted by molar-refractivity contribution is 5.96. The molecule has 1 aromatic carbocycles. The molecule has 2 amide bonds. The van der Waals surface area contributed by atoms with Crippen molar-refractivity contribution in [3.05, 3.63) is 53.9 Å². The van der Waals surface area contributed by atoms with Crippen LogP contribution in [0.25, 0.3) is 0 Å². The van der Waals surface area contributed by atoms with E-state index in [1.54, 1.807) is 18.3 Å². The number of nitrogens with zero attached hydrogens (tertiary/aromatic N) is 2. The van der Waals surface area contributed by atoms with E-state index >= 15 is 0 Å². The molecule has 23 heavy (non-hydrogen) atoms. The second kappa shape index (κ2) is 7.09. The van der Waals surface area contributed by atoms with E-state index < -0.39 is 0 Å². The standard InChI is InChI=1S/C17H22N4O2/c1-17(2,3)20-15(22)11-18-16(23)14-7-5-13(6-8-14)12-21-10-4-9-19-21/h4-10H,11-12H2,1-3H3,(H,18,23)(H,20,22). The molecular weight excluding hydrogens is 292 g/mol. The summed E-state index contributed by atoms with van der Waals surface area (Å²) in [6, 6.07) is 9.12. The van der Waals surface area contributed by atoms with Gasteiger partial charge in [-0.05, 0) is 44.5 Å². The van der Waals surface area contributed by atoms with Gasteiger partial charge in [-0.2, -0.15) is 5.10 Å². The van der Waals surface area contributed by atoms with Gasteiger partial charge in [0.15, 0.2) is 0 Å². The first-order valence-electron chi connectivity index (χ1n) is 7.49. The van der Waals surface area contributed by atoms with Crippen LogP contribution in [0.1, 0.15) is 36.7 Å². The predicted octanol–water partition coefficient (Wildman–Crippen LogP) is 1.58. The Balaban J connectivity index is 1.86. The molecule has 0 saturated carbocycles. The number of carbonyl (C=O) groups excluding carboxylic acids is 2. The molecule has 0 unspecified atom stereocenters. The molecule has 0 radical (unpaired) electrons. The van der Waals surface area contributed by atoms with E-state index in [0.717, 1.165) is 5.56 Å². The molecule has 0 atom stereocenters. The van der Waals surface area contributed by atoms with Crippen molar-refractivity contribution in [2.24, 2.45) is 0 Å². The number of carbonyl (C=O) groups is 2. The van der Waals surface area contributed by atoms with E-state index in [1.807, 2.05) is 49.8 Å². The summed E-state index contributed by atoms with van der Waals surface area (Å²) >= 11 is 0. The first-order chi connectivity index (χ1) is 10.8. The SMILES string of the molecule is CC(C)(C)NC(=O)CNC(=O)c1ccc(Cn2cccn2)cc1. The third kappa shape index (κ3) is 5.58. The van der Waals surface area contributed by atoms with Gasteiger partial charge in [-0.3, -0.25) is 14.3 Å². The summed E-state index contributed by atoms with van der Waals surface area (Å²) in [7, 11) is 0. The molecule has 1 aromatic heterocycles. The van der Waals surface area contributed by atoms with Crippen molar-refractivity contribution < 1.29 is 9.59 Å². The lowest BCUT2D eigenvalue weighted by Crippen LogP contribution is -2.45. The van der Waals surface area contributed by atoms with Crippen molar-refractivity contribution in [3.63, 3.8) is 0 Å². The summed E-state index contributed by atoms with van der Waals surface area (Å²) in [6.07, 6.45) is 3.61. The number of aromatic nitrogens is 2. The van der Waals surface area contributed by atoms with Gasteiger partial charge in [-0.15, -0.1) is 0 Å². The molecule has 1 heterocycles. The van der Waals surface area contributed by atoms with E-state index in [1.165, 1.54) is 0 Å². The van der Waals surface area contributed by atoms with Crippen LogP contribution in [0.2, 0.25) is 0 Å². The van der Waals surface area contributed by atoms with Gasteiger partial charge in [0.25, 0.3) is 5.91 Å². The number of amides is 2. The van der Waals surface area contributed by atoms with Crippen LogP contribution in [-0.2, 0) is 11.3 Å². The Morgan fingerprint density at radius 2 is 1.87 bits per heavy atom. The van der Waals surface area contributed by atoms with Gasteiger partial charge in [0.1, 0.15) is 0 Å². The van der Waals surface area contributed by atoms with Crippen LogP contribution in [0.3, 0.4) is 0 Å². The molecule has 0 saturated heterocycles. The summed E-state index contributed by atoms with van der Waals surface area (Å²) in [6.45, 7) is 6.30. The normalized spacial score (nSPS) is 11.1. The van der Waals surface area contributed by atoms with Crippen molar-refractivity contribution in [3.8, 4) is 0 Å². The van der Waals surface area contributed by atoms with Crippen LogP contribution < -0.4 is 10.6 Å². The Labute approximate surface area is 135 Å². The first-order valence-corrected chi connectivity index (χ1v) is 7.49. The zero-order valence-electron chi connectivity index (χ0n) is 13.7. The van der Waals surface area contributed by atoms with E-state index in [2.05, 4.69) is 15.7 Å². The summed E-state index contributed by atoms with van der Waals surface area (Å²) in [5.41, 5.74) is 1.27. The van der Waals surface area contributed by atoms with Gasteiger partial charge >= 0.3 is 0 Å². The quantitative estimate of drug-likeness (QED) is 0.879. The summed E-state index contributed by atoms with van der Waals surface area (Å²) < 4.78 is 1.81. The number of nitrogens with one attached hydrogen (secondary N) is 2. The largest absolute Gasteiger partial charge is 0.350 e. The van der Waals surface area contributed by atoms with E-state index in [0.29, 0.717) is 12.1 Å². The number of rotatable bonds is 5. The summed E-state index contributed by atoms with van der Waals surface area (Å²) in [5.74, 6) is -0.471. The van der Waals surface area contributed by atoms with Crippen LogP contribution in [0, 0.1) is 0 Å². The Hall–Kier alpha value is -2.63. The molecule has 2 N–H and O–H groups in total. The second-order valence-electron chi connectivity index (χ2n) is 6.38. The van der Waals surface area contributed by atoms with E-state index in [4.69, 9.17) is 0 Å². The van der Waals surface area contributed by atoms with Crippen molar-refractivity contribution >= 4 is 11.8 Å². The van der Waals surface area contributed by atoms with Crippen LogP contribution >= 0.6 is 0 Å². The third-order valence-electron chi connectivity index (χ3n) is 3.04. The summed E-state index contributed by atoms with van der Waals surface area (Å²) in [4.78, 5) is 23.7. The van der Waals surface area contributed by atoms with E-state index in [9.17, 15) is 9.59 Å². The molecule has 0 aliphatic rings. The van der Waals surface area contributed by atoms with Gasteiger partial charge in [0.05, 0.1) is 13.1 Å². The molecule has 0 bridgehead atoms. The van der Waals surface area contributed by atoms with Crippen molar-refractivity contribution in [1.82, 2.24) is 20.4 Å². The van der Waals surface area contributed by atoms with Gasteiger partial charge < -0.3 is 10.6 Å². The number of hydrogen-bond acceptors (Lipinski definition) is 3. The highest BCUT2D eigenvalue weighted by Crippen LogP contribution is 2.06. The van der Waals surface area contributed by atoms with Crippen LogP contribution in [-0.4, -0.2) is 33.7 Å². The molecule has 122 valence electrons. The fraction of sp³-hybridized carbons (Fsp3) is 0.353. The maximum atomic E-state index is 12.0. The van der Waals surface area contributed by atoms with Crippen molar-refractivity contribution in [2.75, 3.05) is 6.54 Å². The third-order valence-corrected chi connectivity index (χ3v) is 3.04. The average molecular weight is 314 g/mol. The lowest BCUT2D eigenvalue weighted by atomic mass is 10.1. The molecule has 6 heteroatoms. The molecule has 2 rings (SSSR count). The maximum absolute atomic E-state index is 12.0. The van der Waals surface area contributed by atoms with Crippen LogP contribution in [0.15, 0.2) is 42.7 Å². The fourth-order valence-electron chi connectivity index (χ4n) is 2.07. The van der Waals surface area contributed by atoms with E-state index in [-0.39, 0.29) is 23.9 Å². The predicted molar refractivity (Wildman–Crippen MR) is 88.0 cm³/mol. The Morgan fingerprint density at radius 1 is 1.17 bits per heavy atom. The highest BCUT2D eigenvalue weighted by atomic mass is 16.2. The molecule has 6 nitrogen and oxygen atoms in total. The Bertz CT molecular complexity index is 655. The molecule has 0 fully saturated rings. The van der Waals surface area contributed by atoms with Crippen molar-refractivity contribution in [1.29, 1.82) is 0 Å². The minimum Gasteiger partial charge on any atom is -0.350 e. The average Bonchev–Trinajstić information content (AvgIpc) is 2.97. The Morgan fingerprint density at radius 3 is 2.43 bits per heavy atom. The topological polar surface area (TPSA) is 76.0 Å².